The van der Waals surface area contributed by atoms with Crippen molar-refractivity contribution in [2.75, 3.05) is 17.9 Å². The van der Waals surface area contributed by atoms with Gasteiger partial charge < -0.3 is 24.2 Å². The number of esters is 1. The minimum absolute atomic E-state index is 0.0200. The van der Waals surface area contributed by atoms with Gasteiger partial charge in [-0.2, -0.15) is 0 Å². The maximum atomic E-state index is 13.1. The van der Waals surface area contributed by atoms with Crippen LogP contribution in [-0.2, 0) is 19.5 Å². The maximum Gasteiger partial charge on any atom is 0.513 e. The predicted octanol–water partition coefficient (Wildman–Crippen LogP) is 3.52. The monoisotopic (exact) mass is 499 g/mol. The lowest BCUT2D eigenvalue weighted by molar-refractivity contribution is 0.0526. The van der Waals surface area contributed by atoms with E-state index in [0.717, 1.165) is 0 Å². The molecule has 0 fully saturated rings. The van der Waals surface area contributed by atoms with Crippen LogP contribution in [0.2, 0.25) is 0 Å². The van der Waals surface area contributed by atoms with Gasteiger partial charge in [-0.25, -0.2) is 18.0 Å². The molecule has 3 N–H and O–H groups in total. The Kier molecular flexibility index (Phi) is 6.47. The number of rotatable bonds is 7. The number of benzene rings is 2. The van der Waals surface area contributed by atoms with Gasteiger partial charge in [0, 0.05) is 22.8 Å². The summed E-state index contributed by atoms with van der Waals surface area (Å²) in [6.07, 6.45) is 0.361. The molecule has 2 aromatic carbocycles. The van der Waals surface area contributed by atoms with Gasteiger partial charge in [-0.3, -0.25) is 9.52 Å². The molecule has 0 spiro atoms. The molecule has 35 heavy (non-hydrogen) atoms. The number of nitrogens with one attached hydrogen (secondary N) is 3. The van der Waals surface area contributed by atoms with Crippen molar-refractivity contribution in [2.24, 2.45) is 0 Å². The number of carbonyl (C=O) groups is 2. The van der Waals surface area contributed by atoms with Crippen LogP contribution in [0, 0.1) is 0 Å². The fourth-order valence-electron chi connectivity index (χ4n) is 3.46. The first-order chi connectivity index (χ1) is 16.7. The highest BCUT2D eigenvalue weighted by Crippen LogP contribution is 2.32. The summed E-state index contributed by atoms with van der Waals surface area (Å²) in [5.41, 5.74) is 0.496. The number of hydrogen-bond donors (Lipinski definition) is 3. The van der Waals surface area contributed by atoms with Gasteiger partial charge >= 0.3 is 12.1 Å². The van der Waals surface area contributed by atoms with E-state index in [-0.39, 0.29) is 46.0 Å². The first-order valence-electron chi connectivity index (χ1n) is 10.5. The number of anilines is 1. The first-order valence-corrected chi connectivity index (χ1v) is 12.0. The van der Waals surface area contributed by atoms with Crippen LogP contribution in [0.4, 0.5) is 10.5 Å². The van der Waals surface area contributed by atoms with Gasteiger partial charge in [0.25, 0.3) is 15.6 Å². The number of aromatic amines is 2. The van der Waals surface area contributed by atoms with Gasteiger partial charge in [-0.05, 0) is 56.3 Å². The number of ether oxygens (including phenoxy) is 3. The van der Waals surface area contributed by atoms with E-state index in [0.29, 0.717) is 10.9 Å². The molecule has 0 saturated heterocycles. The third kappa shape index (κ3) is 4.82. The van der Waals surface area contributed by atoms with Crippen molar-refractivity contribution >= 4 is 49.6 Å². The summed E-state index contributed by atoms with van der Waals surface area (Å²) in [4.78, 5) is 41.4. The number of carbonyl (C=O) groups excluding carboxylic acids is 2. The number of sulfonamides is 1. The maximum absolute atomic E-state index is 13.1. The quantitative estimate of drug-likeness (QED) is 0.326. The van der Waals surface area contributed by atoms with E-state index in [1.807, 2.05) is 0 Å². The van der Waals surface area contributed by atoms with Gasteiger partial charge in [0.05, 0.1) is 29.1 Å². The van der Waals surface area contributed by atoms with Crippen LogP contribution in [0.25, 0.3) is 21.8 Å². The molecule has 0 aliphatic heterocycles. The van der Waals surface area contributed by atoms with Crippen LogP contribution in [0.5, 0.6) is 5.75 Å². The van der Waals surface area contributed by atoms with Crippen LogP contribution < -0.4 is 15.0 Å². The summed E-state index contributed by atoms with van der Waals surface area (Å²) >= 11 is 0. The molecule has 11 nitrogen and oxygen atoms in total. The average Bonchev–Trinajstić information content (AvgIpc) is 3.24. The minimum atomic E-state index is -4.06. The van der Waals surface area contributed by atoms with E-state index in [1.54, 1.807) is 13.8 Å². The number of aromatic nitrogens is 2. The number of fused-ring (bicyclic) bond motifs is 3. The van der Waals surface area contributed by atoms with E-state index in [9.17, 15) is 22.8 Å². The Bertz CT molecular complexity index is 1590. The zero-order valence-corrected chi connectivity index (χ0v) is 19.5. The molecule has 4 rings (SSSR count). The minimum Gasteiger partial charge on any atom is -0.462 e. The molecule has 0 radical (unpaired) electrons. The Labute approximate surface area is 199 Å². The molecule has 0 saturated carbocycles. The summed E-state index contributed by atoms with van der Waals surface area (Å²) in [5.74, 6) is -0.492. The SMILES string of the molecule is CCOC(=O)Oc1c[nH]c2c(=O)[nH]c3ccc(S(=O)(=O)Nc4ccc(C(=O)OCC)cc4)cc3c12. The third-order valence-corrected chi connectivity index (χ3v) is 6.37. The van der Waals surface area contributed by atoms with E-state index in [4.69, 9.17) is 14.2 Å². The van der Waals surface area contributed by atoms with Gasteiger partial charge in [0.2, 0.25) is 0 Å². The Morgan fingerprint density at radius 1 is 1.00 bits per heavy atom. The standard InChI is InChI=1S/C23H21N3O8S/c1-3-32-22(28)13-5-7-14(8-6-13)26-35(30,31)15-9-10-17-16(11-15)19-18(34-23(29)33-4-2)12-24-20(19)21(27)25-17/h5-12,24,26H,3-4H2,1-2H3,(H,25,27). The molecule has 2 heterocycles. The lowest BCUT2D eigenvalue weighted by Crippen LogP contribution is -2.14. The van der Waals surface area contributed by atoms with Crippen molar-refractivity contribution < 1.29 is 32.2 Å². The molecule has 4 aromatic rings. The fraction of sp³-hybridized carbons (Fsp3) is 0.174. The zero-order valence-electron chi connectivity index (χ0n) is 18.7. The van der Waals surface area contributed by atoms with Crippen molar-refractivity contribution in [3.05, 3.63) is 64.6 Å². The zero-order chi connectivity index (χ0) is 25.2. The van der Waals surface area contributed by atoms with Crippen LogP contribution in [0.3, 0.4) is 0 Å². The molecule has 0 bridgehead atoms. The van der Waals surface area contributed by atoms with Crippen LogP contribution in [0.1, 0.15) is 24.2 Å². The molecule has 0 amide bonds. The molecule has 182 valence electrons. The largest absolute Gasteiger partial charge is 0.513 e. The van der Waals surface area contributed by atoms with Crippen molar-refractivity contribution in [3.8, 4) is 5.75 Å². The smallest absolute Gasteiger partial charge is 0.462 e. The van der Waals surface area contributed by atoms with Crippen molar-refractivity contribution in [1.82, 2.24) is 9.97 Å². The summed E-state index contributed by atoms with van der Waals surface area (Å²) in [5, 5.41) is 0.563. The number of H-pyrrole nitrogens is 2. The average molecular weight is 500 g/mol. The van der Waals surface area contributed by atoms with Crippen LogP contribution in [0.15, 0.2) is 58.4 Å². The first kappa shape index (κ1) is 23.8. The Morgan fingerprint density at radius 2 is 1.71 bits per heavy atom. The molecule has 0 aliphatic carbocycles. The Balaban J connectivity index is 1.72. The highest BCUT2D eigenvalue weighted by molar-refractivity contribution is 7.92. The third-order valence-electron chi connectivity index (χ3n) is 4.99. The van der Waals surface area contributed by atoms with E-state index in [2.05, 4.69) is 14.7 Å². The van der Waals surface area contributed by atoms with Crippen molar-refractivity contribution in [2.45, 2.75) is 18.7 Å². The molecule has 0 aliphatic rings. The molecular formula is C23H21N3O8S. The summed E-state index contributed by atoms with van der Waals surface area (Å²) in [7, 11) is -4.06. The second kappa shape index (κ2) is 9.50. The molecule has 0 unspecified atom stereocenters. The molecular weight excluding hydrogens is 478 g/mol. The lowest BCUT2D eigenvalue weighted by Gasteiger charge is -2.10. The topological polar surface area (TPSA) is 157 Å². The van der Waals surface area contributed by atoms with Gasteiger partial charge in [0.1, 0.15) is 5.52 Å². The van der Waals surface area contributed by atoms with Crippen LogP contribution >= 0.6 is 0 Å². The summed E-state index contributed by atoms with van der Waals surface area (Å²) in [6, 6.07) is 9.91. The highest BCUT2D eigenvalue weighted by atomic mass is 32.2. The summed E-state index contributed by atoms with van der Waals surface area (Å²) in [6.45, 7) is 3.62. The lowest BCUT2D eigenvalue weighted by atomic mass is 10.1. The second-order valence-electron chi connectivity index (χ2n) is 7.25. The van der Waals surface area contributed by atoms with Crippen molar-refractivity contribution in [1.29, 1.82) is 0 Å². The summed E-state index contributed by atoms with van der Waals surface area (Å²) < 4.78 is 43.5. The second-order valence-corrected chi connectivity index (χ2v) is 8.94. The van der Waals surface area contributed by atoms with Crippen LogP contribution in [-0.4, -0.2) is 43.7 Å². The van der Waals surface area contributed by atoms with Crippen molar-refractivity contribution in [3.63, 3.8) is 0 Å². The van der Waals surface area contributed by atoms with E-state index < -0.39 is 27.7 Å². The fourth-order valence-corrected chi connectivity index (χ4v) is 4.55. The number of pyridine rings is 1. The van der Waals surface area contributed by atoms with E-state index in [1.165, 1.54) is 48.7 Å². The van der Waals surface area contributed by atoms with E-state index >= 15 is 0 Å². The predicted molar refractivity (Wildman–Crippen MR) is 127 cm³/mol. The normalized spacial score (nSPS) is 11.4. The Morgan fingerprint density at radius 3 is 2.40 bits per heavy atom. The molecule has 2 aromatic heterocycles. The van der Waals surface area contributed by atoms with Gasteiger partial charge in [-0.15, -0.1) is 0 Å². The highest BCUT2D eigenvalue weighted by Gasteiger charge is 2.20. The molecule has 0 atom stereocenters. The van der Waals surface area contributed by atoms with Gasteiger partial charge in [0.15, 0.2) is 5.75 Å². The number of hydrogen-bond acceptors (Lipinski definition) is 8. The molecule has 12 heteroatoms. The van der Waals surface area contributed by atoms with Gasteiger partial charge in [-0.1, -0.05) is 0 Å². The Hall–Kier alpha value is -4.32.